The molecule has 21 heavy (non-hydrogen) atoms. The molecule has 2 aromatic carbocycles. The van der Waals surface area contributed by atoms with Gasteiger partial charge in [-0.05, 0) is 48.7 Å². The van der Waals surface area contributed by atoms with Crippen molar-refractivity contribution < 1.29 is 8.78 Å². The lowest BCUT2D eigenvalue weighted by Crippen LogP contribution is -2.24. The van der Waals surface area contributed by atoms with Crippen LogP contribution in [0.4, 0.5) is 8.78 Å². The fourth-order valence-electron chi connectivity index (χ4n) is 2.50. The summed E-state index contributed by atoms with van der Waals surface area (Å²) in [6.45, 7) is 3.68. The Bertz CT molecular complexity index is 569. The first-order valence-electron chi connectivity index (χ1n) is 7.40. The lowest BCUT2D eigenvalue weighted by molar-refractivity contribution is 0.535. The maximum Gasteiger partial charge on any atom is 0.126 e. The van der Waals surface area contributed by atoms with Crippen LogP contribution >= 0.6 is 0 Å². The van der Waals surface area contributed by atoms with E-state index >= 15 is 0 Å². The van der Waals surface area contributed by atoms with E-state index in [0.717, 1.165) is 18.5 Å². The minimum Gasteiger partial charge on any atom is -0.316 e. The van der Waals surface area contributed by atoms with Crippen molar-refractivity contribution in [1.82, 2.24) is 5.32 Å². The van der Waals surface area contributed by atoms with Gasteiger partial charge < -0.3 is 5.32 Å². The van der Waals surface area contributed by atoms with E-state index in [1.54, 1.807) is 12.1 Å². The summed E-state index contributed by atoms with van der Waals surface area (Å²) >= 11 is 0. The van der Waals surface area contributed by atoms with E-state index in [1.807, 2.05) is 18.2 Å². The summed E-state index contributed by atoms with van der Waals surface area (Å²) in [5.74, 6) is -0.446. The summed E-state index contributed by atoms with van der Waals surface area (Å²) in [6, 6.07) is 13.4. The maximum absolute atomic E-state index is 14.0. The zero-order valence-corrected chi connectivity index (χ0v) is 12.3. The molecule has 1 atom stereocenters. The second-order valence-corrected chi connectivity index (χ2v) is 5.26. The third-order valence-corrected chi connectivity index (χ3v) is 3.53. The first-order valence-corrected chi connectivity index (χ1v) is 7.40. The Morgan fingerprint density at radius 1 is 1.05 bits per heavy atom. The monoisotopic (exact) mass is 289 g/mol. The molecule has 3 heteroatoms. The highest BCUT2D eigenvalue weighted by molar-refractivity contribution is 5.26. The quantitative estimate of drug-likeness (QED) is 0.750. The van der Waals surface area contributed by atoms with E-state index in [-0.39, 0.29) is 17.6 Å². The number of hydrogen-bond acceptors (Lipinski definition) is 1. The molecule has 1 N–H and O–H groups in total. The number of benzene rings is 2. The molecule has 1 nitrogen and oxygen atoms in total. The summed E-state index contributed by atoms with van der Waals surface area (Å²) in [4.78, 5) is 0. The van der Waals surface area contributed by atoms with Gasteiger partial charge in [0, 0.05) is 12.5 Å². The molecule has 0 fully saturated rings. The van der Waals surface area contributed by atoms with Crippen molar-refractivity contribution in [3.8, 4) is 0 Å². The van der Waals surface area contributed by atoms with Gasteiger partial charge in [0.1, 0.15) is 11.6 Å². The minimum atomic E-state index is -0.249. The summed E-state index contributed by atoms with van der Waals surface area (Å²) in [5.41, 5.74) is 1.58. The Morgan fingerprint density at radius 3 is 2.57 bits per heavy atom. The summed E-state index contributed by atoms with van der Waals surface area (Å²) in [5, 5.41) is 3.34. The van der Waals surface area contributed by atoms with Gasteiger partial charge in [0.2, 0.25) is 0 Å². The van der Waals surface area contributed by atoms with Gasteiger partial charge in [0.25, 0.3) is 0 Å². The summed E-state index contributed by atoms with van der Waals surface area (Å²) in [6.07, 6.45) is 1.65. The molecule has 0 spiro atoms. The van der Waals surface area contributed by atoms with Crippen molar-refractivity contribution in [3.05, 3.63) is 71.3 Å². The summed E-state index contributed by atoms with van der Waals surface area (Å²) in [7, 11) is 0. The van der Waals surface area contributed by atoms with Crippen molar-refractivity contribution in [3.63, 3.8) is 0 Å². The van der Waals surface area contributed by atoms with E-state index in [0.29, 0.717) is 18.5 Å². The molecule has 0 heterocycles. The summed E-state index contributed by atoms with van der Waals surface area (Å²) < 4.78 is 27.3. The van der Waals surface area contributed by atoms with Crippen LogP contribution in [-0.2, 0) is 6.42 Å². The molecular formula is C18H21F2N. The highest BCUT2D eigenvalue weighted by Gasteiger charge is 2.16. The standard InChI is InChI=1S/C18H21F2N/c1-2-10-21-13-15(17-8-3-4-9-18(17)20)11-14-6-5-7-16(19)12-14/h3-9,12,15,21H,2,10-11,13H2,1H3. The molecule has 0 saturated carbocycles. The van der Waals surface area contributed by atoms with E-state index < -0.39 is 0 Å². The molecule has 0 bridgehead atoms. The van der Waals surface area contributed by atoms with Crippen molar-refractivity contribution in [2.45, 2.75) is 25.7 Å². The van der Waals surface area contributed by atoms with Crippen molar-refractivity contribution >= 4 is 0 Å². The van der Waals surface area contributed by atoms with Gasteiger partial charge in [0.15, 0.2) is 0 Å². The molecule has 112 valence electrons. The van der Waals surface area contributed by atoms with E-state index in [4.69, 9.17) is 0 Å². The lowest BCUT2D eigenvalue weighted by atomic mass is 9.91. The largest absolute Gasteiger partial charge is 0.316 e. The van der Waals surface area contributed by atoms with Crippen LogP contribution in [0.1, 0.15) is 30.4 Å². The van der Waals surface area contributed by atoms with Gasteiger partial charge in [-0.25, -0.2) is 8.78 Å². The van der Waals surface area contributed by atoms with Crippen LogP contribution in [0.15, 0.2) is 48.5 Å². The second kappa shape index (κ2) is 7.89. The SMILES string of the molecule is CCCNCC(Cc1cccc(F)c1)c1ccccc1F. The predicted octanol–water partition coefficient (Wildman–Crippen LogP) is 4.29. The lowest BCUT2D eigenvalue weighted by Gasteiger charge is -2.19. The van der Waals surface area contributed by atoms with Gasteiger partial charge in [-0.15, -0.1) is 0 Å². The minimum absolute atomic E-state index is 0.000417. The Morgan fingerprint density at radius 2 is 1.86 bits per heavy atom. The molecule has 1 unspecified atom stereocenters. The Balaban J connectivity index is 2.17. The van der Waals surface area contributed by atoms with E-state index in [9.17, 15) is 8.78 Å². The number of hydrogen-bond donors (Lipinski definition) is 1. The first kappa shape index (κ1) is 15.6. The van der Waals surface area contributed by atoms with Crippen molar-refractivity contribution in [2.24, 2.45) is 0 Å². The third-order valence-electron chi connectivity index (χ3n) is 3.53. The van der Waals surface area contributed by atoms with E-state index in [2.05, 4.69) is 12.2 Å². The van der Waals surface area contributed by atoms with Crippen LogP contribution in [0.3, 0.4) is 0 Å². The average molecular weight is 289 g/mol. The molecule has 0 radical (unpaired) electrons. The Kier molecular flexibility index (Phi) is 5.88. The Hall–Kier alpha value is -1.74. The third kappa shape index (κ3) is 4.64. The smallest absolute Gasteiger partial charge is 0.126 e. The molecule has 0 saturated heterocycles. The number of halogens is 2. The topological polar surface area (TPSA) is 12.0 Å². The van der Waals surface area contributed by atoms with Gasteiger partial charge in [-0.3, -0.25) is 0 Å². The predicted molar refractivity (Wildman–Crippen MR) is 82.4 cm³/mol. The zero-order valence-electron chi connectivity index (χ0n) is 12.3. The molecule has 0 aromatic heterocycles. The first-order chi connectivity index (χ1) is 10.2. The molecule has 0 aliphatic carbocycles. The van der Waals surface area contributed by atoms with Crippen LogP contribution in [-0.4, -0.2) is 13.1 Å². The van der Waals surface area contributed by atoms with Crippen LogP contribution in [0.2, 0.25) is 0 Å². The molecule has 0 aliphatic rings. The number of nitrogens with one attached hydrogen (secondary N) is 1. The van der Waals surface area contributed by atoms with Crippen LogP contribution in [0, 0.1) is 11.6 Å². The zero-order chi connectivity index (χ0) is 15.1. The highest BCUT2D eigenvalue weighted by atomic mass is 19.1. The Labute approximate surface area is 125 Å². The fourth-order valence-corrected chi connectivity index (χ4v) is 2.50. The van der Waals surface area contributed by atoms with Gasteiger partial charge in [0.05, 0.1) is 0 Å². The van der Waals surface area contributed by atoms with Crippen molar-refractivity contribution in [2.75, 3.05) is 13.1 Å². The molecular weight excluding hydrogens is 268 g/mol. The highest BCUT2D eigenvalue weighted by Crippen LogP contribution is 2.23. The van der Waals surface area contributed by atoms with Gasteiger partial charge >= 0.3 is 0 Å². The molecule has 2 rings (SSSR count). The van der Waals surface area contributed by atoms with Crippen LogP contribution in [0.5, 0.6) is 0 Å². The normalized spacial score (nSPS) is 12.3. The number of rotatable bonds is 7. The molecule has 0 aliphatic heterocycles. The van der Waals surface area contributed by atoms with Gasteiger partial charge in [-0.2, -0.15) is 0 Å². The average Bonchev–Trinajstić information content (AvgIpc) is 2.47. The van der Waals surface area contributed by atoms with Crippen LogP contribution in [0.25, 0.3) is 0 Å². The molecule has 2 aromatic rings. The van der Waals surface area contributed by atoms with Gasteiger partial charge in [-0.1, -0.05) is 37.3 Å². The van der Waals surface area contributed by atoms with Crippen molar-refractivity contribution in [1.29, 1.82) is 0 Å². The van der Waals surface area contributed by atoms with E-state index in [1.165, 1.54) is 18.2 Å². The maximum atomic E-state index is 14.0. The fraction of sp³-hybridized carbons (Fsp3) is 0.333. The molecule has 0 amide bonds. The second-order valence-electron chi connectivity index (χ2n) is 5.26. The van der Waals surface area contributed by atoms with Crippen LogP contribution < -0.4 is 5.32 Å².